The fourth-order valence-corrected chi connectivity index (χ4v) is 3.10. The van der Waals surface area contributed by atoms with Crippen molar-refractivity contribution in [2.24, 2.45) is 11.7 Å². The number of aromatic hydroxyl groups is 1. The predicted octanol–water partition coefficient (Wildman–Crippen LogP) is -0.608. The fourth-order valence-electron chi connectivity index (χ4n) is 3.10. The number of carbonyl (C=O) groups excluding carboxylic acids is 4. The highest BCUT2D eigenvalue weighted by Gasteiger charge is 2.31. The molecule has 6 atom stereocenters. The van der Waals surface area contributed by atoms with E-state index in [2.05, 4.69) is 21.3 Å². The molecule has 0 unspecified atom stereocenters. The van der Waals surface area contributed by atoms with Gasteiger partial charge in [-0.25, -0.2) is 0 Å². The van der Waals surface area contributed by atoms with Crippen molar-refractivity contribution in [3.05, 3.63) is 29.8 Å². The van der Waals surface area contributed by atoms with Crippen molar-refractivity contribution in [3.8, 4) is 5.75 Å². The van der Waals surface area contributed by atoms with E-state index in [1.165, 1.54) is 32.9 Å². The normalized spacial score (nSPS) is 15.8. The SMILES string of the molecule is CC[C@H](C)[C@H](NC(=O)[C@H](C)N)C(=O)N[C@@H](Cc1ccc(O)cc1)C(=O)N[C@@H](C)C(=O)N[C@@H](C)C(=O)O. The van der Waals surface area contributed by atoms with Crippen LogP contribution in [0.5, 0.6) is 5.75 Å². The Bertz CT molecular complexity index is 935. The molecule has 12 heteroatoms. The van der Waals surface area contributed by atoms with E-state index in [0.29, 0.717) is 12.0 Å². The molecule has 0 spiro atoms. The van der Waals surface area contributed by atoms with Crippen LogP contribution in [0.1, 0.15) is 46.6 Å². The number of hydrogen-bond acceptors (Lipinski definition) is 7. The lowest BCUT2D eigenvalue weighted by Crippen LogP contribution is -2.59. The Morgan fingerprint density at radius 3 is 1.86 bits per heavy atom. The monoisotopic (exact) mass is 507 g/mol. The van der Waals surface area contributed by atoms with Crippen LogP contribution < -0.4 is 27.0 Å². The summed E-state index contributed by atoms with van der Waals surface area (Å²) in [5, 5.41) is 28.5. The van der Waals surface area contributed by atoms with Crippen molar-refractivity contribution in [1.82, 2.24) is 21.3 Å². The number of carbonyl (C=O) groups is 5. The van der Waals surface area contributed by atoms with Crippen LogP contribution in [0.4, 0.5) is 0 Å². The molecule has 1 aromatic carbocycles. The minimum atomic E-state index is -1.23. The Hall–Kier alpha value is -3.67. The lowest BCUT2D eigenvalue weighted by atomic mass is 9.96. The van der Waals surface area contributed by atoms with Gasteiger partial charge in [0.25, 0.3) is 0 Å². The fraction of sp³-hybridized carbons (Fsp3) is 0.542. The van der Waals surface area contributed by atoms with Gasteiger partial charge in [0, 0.05) is 6.42 Å². The maximum absolute atomic E-state index is 13.2. The molecular formula is C24H37N5O7. The molecule has 0 aliphatic rings. The van der Waals surface area contributed by atoms with Gasteiger partial charge in [-0.2, -0.15) is 0 Å². The van der Waals surface area contributed by atoms with Crippen LogP contribution in [0.3, 0.4) is 0 Å². The molecule has 1 aromatic rings. The minimum Gasteiger partial charge on any atom is -0.508 e. The van der Waals surface area contributed by atoms with E-state index >= 15 is 0 Å². The molecule has 0 heterocycles. The highest BCUT2D eigenvalue weighted by molar-refractivity contribution is 5.95. The van der Waals surface area contributed by atoms with Crippen molar-refractivity contribution in [3.63, 3.8) is 0 Å². The van der Waals surface area contributed by atoms with Crippen LogP contribution in [-0.4, -0.2) is 70.0 Å². The zero-order valence-corrected chi connectivity index (χ0v) is 21.2. The second kappa shape index (κ2) is 14.0. The lowest BCUT2D eigenvalue weighted by Gasteiger charge is -2.27. The van der Waals surface area contributed by atoms with Crippen LogP contribution in [0, 0.1) is 5.92 Å². The van der Waals surface area contributed by atoms with Crippen molar-refractivity contribution in [1.29, 1.82) is 0 Å². The van der Waals surface area contributed by atoms with Crippen LogP contribution in [0.2, 0.25) is 0 Å². The Morgan fingerprint density at radius 1 is 0.806 bits per heavy atom. The standard InChI is InChI=1S/C24H37N5O7/c1-6-12(2)19(29-20(31)13(3)25)23(34)28-18(11-16-7-9-17(30)10-8-16)22(33)26-14(4)21(32)27-15(5)24(35)36/h7-10,12-15,18-19,30H,6,11,25H2,1-5H3,(H,26,33)(H,27,32)(H,28,34)(H,29,31)(H,35,36)/t12-,13-,14-,15-,18-,19-/m0/s1. The summed E-state index contributed by atoms with van der Waals surface area (Å²) < 4.78 is 0. The Balaban J connectivity index is 3.11. The molecule has 0 aliphatic heterocycles. The molecule has 0 aromatic heterocycles. The number of phenolic OH excluding ortho intramolecular Hbond substituents is 1. The average Bonchev–Trinajstić information content (AvgIpc) is 2.82. The van der Waals surface area contributed by atoms with Gasteiger partial charge in [-0.05, 0) is 44.4 Å². The number of aliphatic carboxylic acids is 1. The Morgan fingerprint density at radius 2 is 1.36 bits per heavy atom. The quantitative estimate of drug-likeness (QED) is 0.183. The summed E-state index contributed by atoms with van der Waals surface area (Å²) in [5.74, 6) is -4.01. The van der Waals surface area contributed by atoms with Gasteiger partial charge in [-0.15, -0.1) is 0 Å². The number of amides is 4. The summed E-state index contributed by atoms with van der Waals surface area (Å²) in [6.45, 7) is 7.78. The molecule has 0 saturated heterocycles. The average molecular weight is 508 g/mol. The number of rotatable bonds is 13. The largest absolute Gasteiger partial charge is 0.508 e. The molecule has 0 bridgehead atoms. The number of benzene rings is 1. The van der Waals surface area contributed by atoms with Crippen molar-refractivity contribution >= 4 is 29.6 Å². The van der Waals surface area contributed by atoms with E-state index in [4.69, 9.17) is 10.8 Å². The molecule has 1 rings (SSSR count). The summed E-state index contributed by atoms with van der Waals surface area (Å²) in [4.78, 5) is 61.7. The van der Waals surface area contributed by atoms with E-state index in [9.17, 15) is 29.1 Å². The van der Waals surface area contributed by atoms with Crippen molar-refractivity contribution in [2.45, 2.75) is 77.7 Å². The van der Waals surface area contributed by atoms with Gasteiger partial charge in [0.2, 0.25) is 23.6 Å². The molecule has 8 N–H and O–H groups in total. The van der Waals surface area contributed by atoms with Gasteiger partial charge in [0.15, 0.2) is 0 Å². The maximum atomic E-state index is 13.2. The van der Waals surface area contributed by atoms with Gasteiger partial charge in [0.1, 0.15) is 29.9 Å². The second-order valence-corrected chi connectivity index (χ2v) is 8.89. The zero-order chi connectivity index (χ0) is 27.6. The number of phenols is 1. The first-order chi connectivity index (χ1) is 16.8. The Labute approximate surface area is 210 Å². The number of hydrogen-bond donors (Lipinski definition) is 7. The van der Waals surface area contributed by atoms with Crippen LogP contribution in [-0.2, 0) is 30.4 Å². The minimum absolute atomic E-state index is 0.0200. The second-order valence-electron chi connectivity index (χ2n) is 8.89. The molecule has 4 amide bonds. The van der Waals surface area contributed by atoms with E-state index in [1.54, 1.807) is 19.1 Å². The summed E-state index contributed by atoms with van der Waals surface area (Å²) >= 11 is 0. The van der Waals surface area contributed by atoms with Gasteiger partial charge in [0.05, 0.1) is 6.04 Å². The lowest BCUT2D eigenvalue weighted by molar-refractivity contribution is -0.141. The van der Waals surface area contributed by atoms with Gasteiger partial charge >= 0.3 is 5.97 Å². The number of carboxylic acid groups (broad SMARTS) is 1. The van der Waals surface area contributed by atoms with Crippen LogP contribution >= 0.6 is 0 Å². The molecule has 36 heavy (non-hydrogen) atoms. The summed E-state index contributed by atoms with van der Waals surface area (Å²) in [7, 11) is 0. The van der Waals surface area contributed by atoms with E-state index in [0.717, 1.165) is 0 Å². The van der Waals surface area contributed by atoms with Gasteiger partial charge in [-0.1, -0.05) is 32.4 Å². The third-order valence-corrected chi connectivity index (χ3v) is 5.70. The first-order valence-electron chi connectivity index (χ1n) is 11.7. The first-order valence-corrected chi connectivity index (χ1v) is 11.7. The zero-order valence-electron chi connectivity index (χ0n) is 21.2. The van der Waals surface area contributed by atoms with Gasteiger partial charge in [-0.3, -0.25) is 24.0 Å². The van der Waals surface area contributed by atoms with Gasteiger partial charge < -0.3 is 37.2 Å². The summed E-state index contributed by atoms with van der Waals surface area (Å²) in [6, 6.07) is 0.825. The highest BCUT2D eigenvalue weighted by Crippen LogP contribution is 2.13. The topological polar surface area (TPSA) is 200 Å². The predicted molar refractivity (Wildman–Crippen MR) is 132 cm³/mol. The smallest absolute Gasteiger partial charge is 0.325 e. The highest BCUT2D eigenvalue weighted by atomic mass is 16.4. The third-order valence-electron chi connectivity index (χ3n) is 5.70. The van der Waals surface area contributed by atoms with E-state index < -0.39 is 59.8 Å². The van der Waals surface area contributed by atoms with E-state index in [1.807, 2.05) is 6.92 Å². The number of nitrogens with two attached hydrogens (primary N) is 1. The molecule has 0 saturated carbocycles. The number of carboxylic acids is 1. The van der Waals surface area contributed by atoms with Crippen LogP contribution in [0.25, 0.3) is 0 Å². The van der Waals surface area contributed by atoms with Crippen molar-refractivity contribution in [2.75, 3.05) is 0 Å². The molecular weight excluding hydrogens is 470 g/mol. The molecule has 0 radical (unpaired) electrons. The summed E-state index contributed by atoms with van der Waals surface area (Å²) in [6.07, 6.45) is 0.581. The third kappa shape index (κ3) is 9.53. The molecule has 0 fully saturated rings. The molecule has 12 nitrogen and oxygen atoms in total. The first kappa shape index (κ1) is 30.4. The molecule has 200 valence electrons. The van der Waals surface area contributed by atoms with Crippen LogP contribution in [0.15, 0.2) is 24.3 Å². The number of nitrogens with one attached hydrogen (secondary N) is 4. The molecule has 0 aliphatic carbocycles. The Kier molecular flexibility index (Phi) is 11.8. The van der Waals surface area contributed by atoms with Crippen molar-refractivity contribution < 1.29 is 34.2 Å². The maximum Gasteiger partial charge on any atom is 0.325 e. The van der Waals surface area contributed by atoms with E-state index in [-0.39, 0.29) is 18.1 Å². The summed E-state index contributed by atoms with van der Waals surface area (Å²) in [5.41, 5.74) is 6.24.